The normalized spacial score (nSPS) is 13.6. The van der Waals surface area contributed by atoms with Crippen LogP contribution < -0.4 is 0 Å². The number of ketones is 2. The van der Waals surface area contributed by atoms with Gasteiger partial charge in [-0.05, 0) is 18.4 Å². The summed E-state index contributed by atoms with van der Waals surface area (Å²) in [6.07, 6.45) is 3.50. The second-order valence-corrected chi connectivity index (χ2v) is 3.83. The highest BCUT2D eigenvalue weighted by Gasteiger charge is 2.18. The van der Waals surface area contributed by atoms with Crippen molar-refractivity contribution in [2.75, 3.05) is 0 Å². The lowest BCUT2D eigenvalue weighted by molar-refractivity contribution is -0.130. The number of allylic oxidation sites excluding steroid dienone is 2. The second kappa shape index (κ2) is 8.22. The summed E-state index contributed by atoms with van der Waals surface area (Å²) in [6.45, 7) is 5.64. The Morgan fingerprint density at radius 1 is 1.19 bits per heavy atom. The SMILES string of the molecule is CCC/C=C(\CC)C(=O)CC(O)C(=O)CC. The highest BCUT2D eigenvalue weighted by molar-refractivity contribution is 5.98. The Hall–Kier alpha value is -0.960. The van der Waals surface area contributed by atoms with Crippen molar-refractivity contribution >= 4 is 11.6 Å². The number of carbonyl (C=O) groups is 2. The molecule has 0 aliphatic heterocycles. The molecule has 1 atom stereocenters. The molecule has 0 aromatic heterocycles. The number of aliphatic hydroxyl groups is 1. The zero-order valence-electron chi connectivity index (χ0n) is 10.5. The van der Waals surface area contributed by atoms with E-state index in [-0.39, 0.29) is 24.4 Å². The van der Waals surface area contributed by atoms with Crippen LogP contribution in [0.3, 0.4) is 0 Å². The van der Waals surface area contributed by atoms with Crippen LogP contribution in [0.5, 0.6) is 0 Å². The predicted octanol–water partition coefficient (Wildman–Crippen LogP) is 2.42. The predicted molar refractivity (Wildman–Crippen MR) is 64.2 cm³/mol. The molecular weight excluding hydrogens is 204 g/mol. The number of hydrogen-bond acceptors (Lipinski definition) is 3. The first-order valence-corrected chi connectivity index (χ1v) is 5.99. The number of hydrogen-bond donors (Lipinski definition) is 1. The third kappa shape index (κ3) is 5.21. The zero-order valence-corrected chi connectivity index (χ0v) is 10.5. The number of unbranched alkanes of at least 4 members (excludes halogenated alkanes) is 1. The fourth-order valence-electron chi connectivity index (χ4n) is 1.43. The van der Waals surface area contributed by atoms with Gasteiger partial charge in [0.15, 0.2) is 11.6 Å². The molecule has 0 aliphatic rings. The van der Waals surface area contributed by atoms with Gasteiger partial charge in [-0.25, -0.2) is 0 Å². The highest BCUT2D eigenvalue weighted by atomic mass is 16.3. The van der Waals surface area contributed by atoms with Crippen molar-refractivity contribution in [2.24, 2.45) is 0 Å². The maximum Gasteiger partial charge on any atom is 0.161 e. The van der Waals surface area contributed by atoms with Crippen LogP contribution in [0.4, 0.5) is 0 Å². The van der Waals surface area contributed by atoms with Gasteiger partial charge in [0.25, 0.3) is 0 Å². The molecule has 0 saturated heterocycles. The van der Waals surface area contributed by atoms with Gasteiger partial charge < -0.3 is 5.11 Å². The number of Topliss-reactive ketones (excluding diaryl/α,β-unsaturated/α-hetero) is 2. The molecule has 0 radical (unpaired) electrons. The van der Waals surface area contributed by atoms with E-state index in [1.54, 1.807) is 6.92 Å². The van der Waals surface area contributed by atoms with Crippen LogP contribution in [0.15, 0.2) is 11.6 Å². The minimum atomic E-state index is -1.13. The number of aliphatic hydroxyl groups excluding tert-OH is 1. The van der Waals surface area contributed by atoms with Gasteiger partial charge in [-0.15, -0.1) is 0 Å². The van der Waals surface area contributed by atoms with E-state index < -0.39 is 6.10 Å². The molecule has 0 spiro atoms. The molecule has 0 aromatic carbocycles. The molecule has 3 nitrogen and oxygen atoms in total. The third-order valence-corrected chi connectivity index (χ3v) is 2.52. The van der Waals surface area contributed by atoms with Crippen molar-refractivity contribution in [3.63, 3.8) is 0 Å². The van der Waals surface area contributed by atoms with Gasteiger partial charge in [-0.2, -0.15) is 0 Å². The summed E-state index contributed by atoms with van der Waals surface area (Å²) in [5.41, 5.74) is 0.727. The Morgan fingerprint density at radius 3 is 2.25 bits per heavy atom. The largest absolute Gasteiger partial charge is 0.385 e. The van der Waals surface area contributed by atoms with Gasteiger partial charge in [0.05, 0.1) is 0 Å². The van der Waals surface area contributed by atoms with E-state index in [0.29, 0.717) is 6.42 Å². The Morgan fingerprint density at radius 2 is 1.81 bits per heavy atom. The molecule has 3 heteroatoms. The number of rotatable bonds is 8. The van der Waals surface area contributed by atoms with Gasteiger partial charge in [0.2, 0.25) is 0 Å². The molecule has 16 heavy (non-hydrogen) atoms. The van der Waals surface area contributed by atoms with Gasteiger partial charge >= 0.3 is 0 Å². The minimum Gasteiger partial charge on any atom is -0.385 e. The van der Waals surface area contributed by atoms with E-state index in [1.807, 2.05) is 19.9 Å². The average Bonchev–Trinajstić information content (AvgIpc) is 2.28. The molecule has 0 aromatic rings. The van der Waals surface area contributed by atoms with Crippen LogP contribution in [-0.2, 0) is 9.59 Å². The van der Waals surface area contributed by atoms with Gasteiger partial charge in [0.1, 0.15) is 6.10 Å². The zero-order chi connectivity index (χ0) is 12.6. The van der Waals surface area contributed by atoms with Crippen molar-refractivity contribution in [3.8, 4) is 0 Å². The van der Waals surface area contributed by atoms with Crippen LogP contribution >= 0.6 is 0 Å². The second-order valence-electron chi connectivity index (χ2n) is 3.83. The molecule has 0 rings (SSSR count). The Kier molecular flexibility index (Phi) is 7.73. The highest BCUT2D eigenvalue weighted by Crippen LogP contribution is 2.10. The minimum absolute atomic E-state index is 0.0734. The molecule has 0 bridgehead atoms. The maximum absolute atomic E-state index is 11.7. The molecule has 0 heterocycles. The summed E-state index contributed by atoms with van der Waals surface area (Å²) >= 11 is 0. The molecule has 92 valence electrons. The molecule has 0 fully saturated rings. The van der Waals surface area contributed by atoms with Gasteiger partial charge in [-0.1, -0.05) is 33.3 Å². The fourth-order valence-corrected chi connectivity index (χ4v) is 1.43. The van der Waals surface area contributed by atoms with Crippen molar-refractivity contribution in [1.29, 1.82) is 0 Å². The fraction of sp³-hybridized carbons (Fsp3) is 0.692. The van der Waals surface area contributed by atoms with Crippen LogP contribution in [0.2, 0.25) is 0 Å². The lowest BCUT2D eigenvalue weighted by atomic mass is 9.99. The van der Waals surface area contributed by atoms with Crippen molar-refractivity contribution in [1.82, 2.24) is 0 Å². The van der Waals surface area contributed by atoms with E-state index in [4.69, 9.17) is 0 Å². The van der Waals surface area contributed by atoms with E-state index in [9.17, 15) is 14.7 Å². The van der Waals surface area contributed by atoms with E-state index in [2.05, 4.69) is 0 Å². The average molecular weight is 226 g/mol. The van der Waals surface area contributed by atoms with Crippen molar-refractivity contribution < 1.29 is 14.7 Å². The van der Waals surface area contributed by atoms with Crippen molar-refractivity contribution in [3.05, 3.63) is 11.6 Å². The van der Waals surface area contributed by atoms with Gasteiger partial charge in [-0.3, -0.25) is 9.59 Å². The summed E-state index contributed by atoms with van der Waals surface area (Å²) in [5.74, 6) is -0.371. The summed E-state index contributed by atoms with van der Waals surface area (Å²) in [7, 11) is 0. The first kappa shape index (κ1) is 15.0. The van der Waals surface area contributed by atoms with E-state index in [1.165, 1.54) is 0 Å². The van der Waals surface area contributed by atoms with Crippen LogP contribution in [0.25, 0.3) is 0 Å². The molecular formula is C13H22O3. The molecule has 0 amide bonds. The van der Waals surface area contributed by atoms with Gasteiger partial charge in [0, 0.05) is 12.8 Å². The molecule has 0 aliphatic carbocycles. The molecule has 1 N–H and O–H groups in total. The Balaban J connectivity index is 4.37. The quantitative estimate of drug-likeness (QED) is 0.647. The van der Waals surface area contributed by atoms with E-state index >= 15 is 0 Å². The number of carbonyl (C=O) groups excluding carboxylic acids is 2. The van der Waals surface area contributed by atoms with Crippen LogP contribution in [-0.4, -0.2) is 22.8 Å². The topological polar surface area (TPSA) is 54.4 Å². The van der Waals surface area contributed by atoms with E-state index in [0.717, 1.165) is 18.4 Å². The Labute approximate surface area is 97.5 Å². The lowest BCUT2D eigenvalue weighted by Crippen LogP contribution is -2.23. The molecule has 1 unspecified atom stereocenters. The van der Waals surface area contributed by atoms with Crippen molar-refractivity contribution in [2.45, 2.75) is 59.0 Å². The molecule has 0 saturated carbocycles. The summed E-state index contributed by atoms with van der Waals surface area (Å²) in [4.78, 5) is 22.9. The third-order valence-electron chi connectivity index (χ3n) is 2.52. The summed E-state index contributed by atoms with van der Waals surface area (Å²) in [5, 5.41) is 9.46. The lowest BCUT2D eigenvalue weighted by Gasteiger charge is -2.08. The first-order chi connectivity index (χ1) is 7.56. The standard InChI is InChI=1S/C13H22O3/c1-4-7-8-10(5-2)12(15)9-13(16)11(14)6-3/h8,13,16H,4-7,9H2,1-3H3/b10-8+. The Bertz CT molecular complexity index is 266. The first-order valence-electron chi connectivity index (χ1n) is 5.99. The van der Waals surface area contributed by atoms with Crippen LogP contribution in [0, 0.1) is 0 Å². The summed E-state index contributed by atoms with van der Waals surface area (Å²) in [6, 6.07) is 0. The van der Waals surface area contributed by atoms with Crippen LogP contribution in [0.1, 0.15) is 52.9 Å². The monoisotopic (exact) mass is 226 g/mol. The smallest absolute Gasteiger partial charge is 0.161 e. The summed E-state index contributed by atoms with van der Waals surface area (Å²) < 4.78 is 0. The maximum atomic E-state index is 11.7.